The van der Waals surface area contributed by atoms with Gasteiger partial charge in [0.05, 0.1) is 36.6 Å². The van der Waals surface area contributed by atoms with E-state index in [-0.39, 0.29) is 42.7 Å². The molecule has 2 N–H and O–H groups in total. The maximum Gasteiger partial charge on any atom is 0.408 e. The third-order valence-electron chi connectivity index (χ3n) is 8.65. The summed E-state index contributed by atoms with van der Waals surface area (Å²) in [5.41, 5.74) is 0.834. The van der Waals surface area contributed by atoms with Gasteiger partial charge < -0.3 is 34.4 Å². The molecule has 0 bridgehead atoms. The van der Waals surface area contributed by atoms with Gasteiger partial charge in [0.25, 0.3) is 0 Å². The van der Waals surface area contributed by atoms with Crippen LogP contribution < -0.4 is 5.32 Å². The fraction of sp³-hybridized carbons (Fsp3) is 0.688. The van der Waals surface area contributed by atoms with Crippen LogP contribution in [0.1, 0.15) is 65.9 Å². The van der Waals surface area contributed by atoms with Gasteiger partial charge in [0.2, 0.25) is 11.8 Å². The lowest BCUT2D eigenvalue weighted by Gasteiger charge is -2.40. The Morgan fingerprint density at radius 3 is 2.26 bits per heavy atom. The maximum absolute atomic E-state index is 13.9. The Kier molecular flexibility index (Phi) is 14.4. The lowest BCUT2D eigenvalue weighted by molar-refractivity contribution is -0.152. The van der Waals surface area contributed by atoms with E-state index in [0.29, 0.717) is 13.0 Å². The molecule has 1 aromatic rings. The summed E-state index contributed by atoms with van der Waals surface area (Å²) in [5.74, 6) is -2.50. The van der Waals surface area contributed by atoms with Crippen LogP contribution in [0.4, 0.5) is 4.79 Å². The molecule has 1 aromatic carbocycles. The number of likely N-dealkylation sites (tertiary alicyclic amines) is 1. The van der Waals surface area contributed by atoms with Crippen LogP contribution in [0.25, 0.3) is 0 Å². The molecule has 3 amide bonds. The van der Waals surface area contributed by atoms with Gasteiger partial charge in [-0.1, -0.05) is 64.4 Å². The van der Waals surface area contributed by atoms with Crippen molar-refractivity contribution in [3.8, 4) is 0 Å². The summed E-state index contributed by atoms with van der Waals surface area (Å²) < 4.78 is 16.8. The van der Waals surface area contributed by atoms with Crippen LogP contribution in [0.3, 0.4) is 0 Å². The number of nitrogens with zero attached hydrogens (tertiary/aromatic N) is 2. The lowest BCUT2D eigenvalue weighted by Crippen LogP contribution is -2.57. The number of ether oxygens (including phenoxy) is 3. The normalized spacial score (nSPS) is 19.2. The number of aliphatic carboxylic acids is 1. The van der Waals surface area contributed by atoms with Crippen LogP contribution in [0, 0.1) is 17.8 Å². The molecule has 0 radical (unpaired) electrons. The first-order valence-corrected chi connectivity index (χ1v) is 15.2. The number of hydrogen-bond donors (Lipinski definition) is 2. The Hall–Kier alpha value is -3.18. The minimum atomic E-state index is -0.977. The largest absolute Gasteiger partial charge is 0.481 e. The van der Waals surface area contributed by atoms with Crippen LogP contribution >= 0.6 is 0 Å². The maximum atomic E-state index is 13.9. The number of carbonyl (C=O) groups excluding carboxylic acids is 3. The van der Waals surface area contributed by atoms with Crippen LogP contribution in [0.2, 0.25) is 0 Å². The molecule has 11 nitrogen and oxygen atoms in total. The molecule has 0 saturated carbocycles. The van der Waals surface area contributed by atoms with E-state index < -0.39 is 42.3 Å². The van der Waals surface area contributed by atoms with E-state index >= 15 is 0 Å². The molecule has 0 aromatic heterocycles. The van der Waals surface area contributed by atoms with Crippen molar-refractivity contribution in [2.24, 2.45) is 17.8 Å². The van der Waals surface area contributed by atoms with Crippen molar-refractivity contribution < 1.29 is 38.5 Å². The topological polar surface area (TPSA) is 135 Å². The number of hydrogen-bond acceptors (Lipinski definition) is 7. The van der Waals surface area contributed by atoms with Crippen LogP contribution in [0.15, 0.2) is 30.3 Å². The monoisotopic (exact) mass is 605 g/mol. The van der Waals surface area contributed by atoms with Gasteiger partial charge in [-0.3, -0.25) is 14.4 Å². The fourth-order valence-corrected chi connectivity index (χ4v) is 5.92. The first-order chi connectivity index (χ1) is 20.4. The second kappa shape index (κ2) is 17.2. The molecule has 7 atom stereocenters. The molecule has 1 heterocycles. The Balaban J connectivity index is 2.20. The highest BCUT2D eigenvalue weighted by molar-refractivity contribution is 5.86. The first kappa shape index (κ1) is 36.0. The molecule has 4 unspecified atom stereocenters. The van der Waals surface area contributed by atoms with Crippen molar-refractivity contribution in [1.82, 2.24) is 15.1 Å². The molecule has 0 aliphatic carbocycles. The predicted octanol–water partition coefficient (Wildman–Crippen LogP) is 3.94. The van der Waals surface area contributed by atoms with Gasteiger partial charge in [0.1, 0.15) is 12.6 Å². The minimum Gasteiger partial charge on any atom is -0.481 e. The quantitative estimate of drug-likeness (QED) is 0.289. The van der Waals surface area contributed by atoms with E-state index in [0.717, 1.165) is 18.4 Å². The van der Waals surface area contributed by atoms with E-state index in [1.807, 2.05) is 58.0 Å². The Bertz CT molecular complexity index is 1050. The average molecular weight is 606 g/mol. The number of rotatable bonds is 16. The zero-order valence-corrected chi connectivity index (χ0v) is 26.9. The Morgan fingerprint density at radius 2 is 1.72 bits per heavy atom. The number of amides is 3. The molecule has 1 aliphatic heterocycles. The molecule has 43 heavy (non-hydrogen) atoms. The van der Waals surface area contributed by atoms with Crippen molar-refractivity contribution >= 4 is 23.9 Å². The zero-order valence-electron chi connectivity index (χ0n) is 26.9. The van der Waals surface area contributed by atoms with Gasteiger partial charge in [0, 0.05) is 27.8 Å². The fourth-order valence-electron chi connectivity index (χ4n) is 5.92. The van der Waals surface area contributed by atoms with Crippen LogP contribution in [-0.4, -0.2) is 96.9 Å². The average Bonchev–Trinajstić information content (AvgIpc) is 3.48. The predicted molar refractivity (Wildman–Crippen MR) is 162 cm³/mol. The van der Waals surface area contributed by atoms with Gasteiger partial charge >= 0.3 is 12.1 Å². The minimum absolute atomic E-state index is 0.0103. The van der Waals surface area contributed by atoms with Crippen molar-refractivity contribution in [2.75, 3.05) is 27.8 Å². The molecule has 1 aliphatic rings. The Labute approximate surface area is 256 Å². The highest BCUT2D eigenvalue weighted by Gasteiger charge is 2.42. The number of carbonyl (C=O) groups is 4. The molecule has 1 fully saturated rings. The SMILES string of the molecule is CC[C@H](C)[C@@H]([C@@H](CC(=O)N1CCCC1C(OC)C(C)C(=O)O)OC)N(C)C(=O)C(NC(=O)OCc1ccccc1)C(C)C. The third kappa shape index (κ3) is 9.66. The van der Waals surface area contributed by atoms with Crippen molar-refractivity contribution in [1.29, 1.82) is 0 Å². The summed E-state index contributed by atoms with van der Waals surface area (Å²) in [5, 5.41) is 12.3. The molecule has 11 heteroatoms. The van der Waals surface area contributed by atoms with Crippen molar-refractivity contribution in [3.05, 3.63) is 35.9 Å². The van der Waals surface area contributed by atoms with Crippen molar-refractivity contribution in [3.63, 3.8) is 0 Å². The van der Waals surface area contributed by atoms with Crippen LogP contribution in [-0.2, 0) is 35.2 Å². The second-order valence-electron chi connectivity index (χ2n) is 11.9. The molecule has 1 saturated heterocycles. The van der Waals surface area contributed by atoms with E-state index in [4.69, 9.17) is 14.2 Å². The number of carboxylic acids is 1. The molecule has 0 spiro atoms. The summed E-state index contributed by atoms with van der Waals surface area (Å²) in [7, 11) is 4.67. The zero-order chi connectivity index (χ0) is 32.3. The first-order valence-electron chi connectivity index (χ1n) is 15.2. The molecule has 2 rings (SSSR count). The van der Waals surface area contributed by atoms with E-state index in [2.05, 4.69) is 5.32 Å². The second-order valence-corrected chi connectivity index (χ2v) is 11.9. The summed E-state index contributed by atoms with van der Waals surface area (Å²) in [6, 6.07) is 7.61. The summed E-state index contributed by atoms with van der Waals surface area (Å²) in [4.78, 5) is 55.2. The van der Waals surface area contributed by atoms with E-state index in [1.54, 1.807) is 23.8 Å². The number of carboxylic acid groups (broad SMARTS) is 1. The standard InChI is InChI=1S/C32H51N3O8/c1-9-21(4)28(25(41-7)18-26(36)35-17-13-16-24(35)29(42-8)22(5)31(38)39)34(6)30(37)27(20(2)3)33-32(40)43-19-23-14-11-10-12-15-23/h10-12,14-15,20-22,24-25,27-29H,9,13,16-19H2,1-8H3,(H,33,40)(H,38,39)/t21-,22?,24?,25+,27?,28-,29?/m0/s1. The smallest absolute Gasteiger partial charge is 0.408 e. The van der Waals surface area contributed by atoms with Gasteiger partial charge in [-0.05, 0) is 37.2 Å². The van der Waals surface area contributed by atoms with Gasteiger partial charge in [-0.2, -0.15) is 0 Å². The lowest BCUT2D eigenvalue weighted by atomic mass is 9.89. The van der Waals surface area contributed by atoms with Gasteiger partial charge in [-0.25, -0.2) is 4.79 Å². The molecule has 242 valence electrons. The molecular formula is C32H51N3O8. The van der Waals surface area contributed by atoms with Gasteiger partial charge in [-0.15, -0.1) is 0 Å². The number of methoxy groups -OCH3 is 2. The highest BCUT2D eigenvalue weighted by Crippen LogP contribution is 2.29. The highest BCUT2D eigenvalue weighted by atomic mass is 16.5. The van der Waals surface area contributed by atoms with Gasteiger partial charge in [0.15, 0.2) is 0 Å². The summed E-state index contributed by atoms with van der Waals surface area (Å²) in [6.07, 6.45) is 0.170. The van der Waals surface area contributed by atoms with E-state index in [1.165, 1.54) is 14.2 Å². The number of likely N-dealkylation sites (N-methyl/N-ethyl adjacent to an activating group) is 1. The Morgan fingerprint density at radius 1 is 1.07 bits per heavy atom. The summed E-state index contributed by atoms with van der Waals surface area (Å²) in [6.45, 7) is 9.88. The van der Waals surface area contributed by atoms with E-state index in [9.17, 15) is 24.3 Å². The third-order valence-corrected chi connectivity index (χ3v) is 8.65. The van der Waals surface area contributed by atoms with Crippen LogP contribution in [0.5, 0.6) is 0 Å². The summed E-state index contributed by atoms with van der Waals surface area (Å²) >= 11 is 0. The number of alkyl carbamates (subject to hydrolysis) is 1. The molecular weight excluding hydrogens is 554 g/mol. The number of benzene rings is 1. The van der Waals surface area contributed by atoms with Crippen molar-refractivity contribution in [2.45, 2.75) is 97.2 Å². The number of nitrogens with one attached hydrogen (secondary N) is 1.